The number of hydrogen-bond acceptors (Lipinski definition) is 3. The molecule has 2 amide bonds. The number of carbonyl (C=O) groups excluding carboxylic acids is 2. The van der Waals surface area contributed by atoms with Gasteiger partial charge in [0.15, 0.2) is 0 Å². The highest BCUT2D eigenvalue weighted by molar-refractivity contribution is 5.88. The zero-order chi connectivity index (χ0) is 14.5. The van der Waals surface area contributed by atoms with Crippen molar-refractivity contribution in [3.8, 4) is 0 Å². The normalized spacial score (nSPS) is 25.4. The minimum atomic E-state index is -0.344. The van der Waals surface area contributed by atoms with E-state index in [4.69, 9.17) is 5.73 Å². The van der Waals surface area contributed by atoms with E-state index in [1.165, 1.54) is 25.9 Å². The van der Waals surface area contributed by atoms with Crippen LogP contribution in [0.4, 0.5) is 0 Å². The molecule has 2 N–H and O–H groups in total. The second kappa shape index (κ2) is 7.07. The molecule has 114 valence electrons. The van der Waals surface area contributed by atoms with Gasteiger partial charge in [0, 0.05) is 19.5 Å². The van der Waals surface area contributed by atoms with Crippen LogP contribution in [0.15, 0.2) is 0 Å². The number of piperidine rings is 1. The lowest BCUT2D eigenvalue weighted by atomic mass is 9.99. The molecule has 0 radical (unpaired) electrons. The van der Waals surface area contributed by atoms with Crippen LogP contribution in [0.2, 0.25) is 0 Å². The molecule has 2 fully saturated rings. The fraction of sp³-hybridized carbons (Fsp3) is 0.867. The summed E-state index contributed by atoms with van der Waals surface area (Å²) in [6.45, 7) is 7.18. The summed E-state index contributed by atoms with van der Waals surface area (Å²) in [5.41, 5.74) is 5.26. The quantitative estimate of drug-likeness (QED) is 0.733. The van der Waals surface area contributed by atoms with Crippen molar-refractivity contribution in [2.45, 2.75) is 39.0 Å². The molecule has 0 aromatic rings. The van der Waals surface area contributed by atoms with E-state index >= 15 is 0 Å². The highest BCUT2D eigenvalue weighted by atomic mass is 16.2. The Bertz CT molecular complexity index is 351. The molecule has 1 atom stereocenters. The Balaban J connectivity index is 1.59. The first-order chi connectivity index (χ1) is 9.56. The third-order valence-electron chi connectivity index (χ3n) is 4.65. The van der Waals surface area contributed by atoms with Crippen LogP contribution in [0.3, 0.4) is 0 Å². The standard InChI is InChI=1S/C15H27N3O2/c1-12-4-8-17(9-5-12)6-2-3-7-18-11-13(15(16)20)10-14(18)19/h12-13H,2-11H2,1H3,(H2,16,20). The van der Waals surface area contributed by atoms with Gasteiger partial charge in [0.1, 0.15) is 0 Å². The van der Waals surface area contributed by atoms with E-state index in [0.717, 1.165) is 31.8 Å². The first kappa shape index (κ1) is 15.3. The van der Waals surface area contributed by atoms with E-state index in [1.54, 1.807) is 4.90 Å². The molecule has 2 rings (SSSR count). The Labute approximate surface area is 121 Å². The molecule has 5 nitrogen and oxygen atoms in total. The molecular weight excluding hydrogens is 254 g/mol. The highest BCUT2D eigenvalue weighted by Gasteiger charge is 2.32. The second-order valence-corrected chi connectivity index (χ2v) is 6.37. The van der Waals surface area contributed by atoms with Gasteiger partial charge in [-0.1, -0.05) is 6.92 Å². The lowest BCUT2D eigenvalue weighted by Crippen LogP contribution is -2.34. The topological polar surface area (TPSA) is 66.6 Å². The van der Waals surface area contributed by atoms with Gasteiger partial charge < -0.3 is 15.5 Å². The smallest absolute Gasteiger partial charge is 0.223 e. The van der Waals surface area contributed by atoms with E-state index in [2.05, 4.69) is 11.8 Å². The lowest BCUT2D eigenvalue weighted by Gasteiger charge is -2.30. The number of likely N-dealkylation sites (tertiary alicyclic amines) is 2. The first-order valence-electron chi connectivity index (χ1n) is 7.85. The van der Waals surface area contributed by atoms with E-state index in [1.807, 2.05) is 0 Å². The Kier molecular flexibility index (Phi) is 5.40. The molecule has 0 aromatic carbocycles. The van der Waals surface area contributed by atoms with Gasteiger partial charge in [0.05, 0.1) is 5.92 Å². The average Bonchev–Trinajstić information content (AvgIpc) is 2.79. The van der Waals surface area contributed by atoms with Crippen molar-refractivity contribution >= 4 is 11.8 Å². The van der Waals surface area contributed by atoms with Crippen molar-refractivity contribution < 1.29 is 9.59 Å². The number of carbonyl (C=O) groups is 2. The molecule has 0 aliphatic carbocycles. The predicted molar refractivity (Wildman–Crippen MR) is 78.0 cm³/mol. The van der Waals surface area contributed by atoms with Crippen molar-refractivity contribution in [3.05, 3.63) is 0 Å². The minimum Gasteiger partial charge on any atom is -0.369 e. The number of nitrogens with two attached hydrogens (primary N) is 1. The largest absolute Gasteiger partial charge is 0.369 e. The monoisotopic (exact) mass is 281 g/mol. The molecule has 1 unspecified atom stereocenters. The number of hydrogen-bond donors (Lipinski definition) is 1. The van der Waals surface area contributed by atoms with Gasteiger partial charge in [0.25, 0.3) is 0 Å². The van der Waals surface area contributed by atoms with Gasteiger partial charge in [0.2, 0.25) is 11.8 Å². The molecule has 0 spiro atoms. The second-order valence-electron chi connectivity index (χ2n) is 6.37. The third-order valence-corrected chi connectivity index (χ3v) is 4.65. The van der Waals surface area contributed by atoms with Crippen LogP contribution in [0, 0.1) is 11.8 Å². The van der Waals surface area contributed by atoms with E-state index in [9.17, 15) is 9.59 Å². The molecular formula is C15H27N3O2. The van der Waals surface area contributed by atoms with Gasteiger partial charge in [-0.2, -0.15) is 0 Å². The van der Waals surface area contributed by atoms with Gasteiger partial charge in [-0.15, -0.1) is 0 Å². The van der Waals surface area contributed by atoms with Crippen LogP contribution in [0.5, 0.6) is 0 Å². The molecule has 0 bridgehead atoms. The van der Waals surface area contributed by atoms with Crippen LogP contribution >= 0.6 is 0 Å². The maximum Gasteiger partial charge on any atom is 0.223 e. The maximum atomic E-state index is 11.7. The van der Waals surface area contributed by atoms with Gasteiger partial charge >= 0.3 is 0 Å². The summed E-state index contributed by atoms with van der Waals surface area (Å²) in [4.78, 5) is 27.1. The molecule has 20 heavy (non-hydrogen) atoms. The third kappa shape index (κ3) is 4.20. The van der Waals surface area contributed by atoms with Gasteiger partial charge in [-0.25, -0.2) is 0 Å². The number of primary amides is 1. The Morgan fingerprint density at radius 1 is 1.25 bits per heavy atom. The van der Waals surface area contributed by atoms with Gasteiger partial charge in [-0.05, 0) is 51.2 Å². The Morgan fingerprint density at radius 3 is 2.50 bits per heavy atom. The van der Waals surface area contributed by atoms with Crippen LogP contribution < -0.4 is 5.73 Å². The molecule has 2 heterocycles. The van der Waals surface area contributed by atoms with Crippen molar-refractivity contribution in [1.82, 2.24) is 9.80 Å². The summed E-state index contributed by atoms with van der Waals surface area (Å²) < 4.78 is 0. The summed E-state index contributed by atoms with van der Waals surface area (Å²) in [6, 6.07) is 0. The summed E-state index contributed by atoms with van der Waals surface area (Å²) in [6.07, 6.45) is 5.07. The number of nitrogens with zero attached hydrogens (tertiary/aromatic N) is 2. The van der Waals surface area contributed by atoms with Crippen LogP contribution in [0.25, 0.3) is 0 Å². The molecule has 0 aromatic heterocycles. The predicted octanol–water partition coefficient (Wildman–Crippen LogP) is 0.832. The average molecular weight is 281 g/mol. The number of unbranched alkanes of at least 4 members (excludes halogenated alkanes) is 1. The zero-order valence-electron chi connectivity index (χ0n) is 12.5. The van der Waals surface area contributed by atoms with Crippen molar-refractivity contribution in [2.24, 2.45) is 17.6 Å². The Hall–Kier alpha value is -1.10. The Morgan fingerprint density at radius 2 is 1.90 bits per heavy atom. The SMILES string of the molecule is CC1CCN(CCCCN2CC(C(N)=O)CC2=O)CC1. The van der Waals surface area contributed by atoms with E-state index < -0.39 is 0 Å². The van der Waals surface area contributed by atoms with Crippen LogP contribution in [-0.4, -0.2) is 54.3 Å². The van der Waals surface area contributed by atoms with Crippen molar-refractivity contribution in [3.63, 3.8) is 0 Å². The van der Waals surface area contributed by atoms with E-state index in [-0.39, 0.29) is 17.7 Å². The van der Waals surface area contributed by atoms with Crippen LogP contribution in [0.1, 0.15) is 39.0 Å². The molecule has 0 saturated carbocycles. The number of rotatable bonds is 6. The minimum absolute atomic E-state index is 0.0839. The highest BCUT2D eigenvalue weighted by Crippen LogP contribution is 2.19. The first-order valence-corrected chi connectivity index (χ1v) is 7.85. The lowest BCUT2D eigenvalue weighted by molar-refractivity contribution is -0.128. The fourth-order valence-electron chi connectivity index (χ4n) is 3.10. The van der Waals surface area contributed by atoms with Crippen molar-refractivity contribution in [2.75, 3.05) is 32.7 Å². The van der Waals surface area contributed by atoms with E-state index in [0.29, 0.717) is 13.0 Å². The van der Waals surface area contributed by atoms with Gasteiger partial charge in [-0.3, -0.25) is 9.59 Å². The maximum absolute atomic E-state index is 11.7. The summed E-state index contributed by atoms with van der Waals surface area (Å²) in [7, 11) is 0. The zero-order valence-corrected chi connectivity index (χ0v) is 12.5. The summed E-state index contributed by atoms with van der Waals surface area (Å²) >= 11 is 0. The fourth-order valence-corrected chi connectivity index (χ4v) is 3.10. The summed E-state index contributed by atoms with van der Waals surface area (Å²) in [5.74, 6) is 0.342. The summed E-state index contributed by atoms with van der Waals surface area (Å²) in [5, 5.41) is 0. The molecule has 2 aliphatic heterocycles. The number of amides is 2. The van der Waals surface area contributed by atoms with Crippen molar-refractivity contribution in [1.29, 1.82) is 0 Å². The molecule has 5 heteroatoms. The molecule has 2 aliphatic rings. The van der Waals surface area contributed by atoms with Crippen LogP contribution in [-0.2, 0) is 9.59 Å². The molecule has 2 saturated heterocycles.